The first-order valence-electron chi connectivity index (χ1n) is 5.44. The minimum absolute atomic E-state index is 0.0211. The number of rotatable bonds is 2. The summed E-state index contributed by atoms with van der Waals surface area (Å²) in [7, 11) is 0. The van der Waals surface area contributed by atoms with Crippen LogP contribution in [0.1, 0.15) is 27.7 Å². The number of nitrogens with two attached hydrogens (primary N) is 2. The normalized spacial score (nSPS) is 13.5. The van der Waals surface area contributed by atoms with E-state index in [1.807, 2.05) is 6.92 Å². The molecule has 0 aliphatic heterocycles. The van der Waals surface area contributed by atoms with E-state index < -0.39 is 5.82 Å². The Kier molecular flexibility index (Phi) is 3.77. The quantitative estimate of drug-likeness (QED) is 0.713. The average Bonchev–Trinajstić information content (AvgIpc) is 2.19. The van der Waals surface area contributed by atoms with Crippen molar-refractivity contribution in [2.45, 2.75) is 33.7 Å². The number of nitrogen functional groups attached to an aromatic ring is 2. The summed E-state index contributed by atoms with van der Waals surface area (Å²) >= 11 is 5.76. The maximum absolute atomic E-state index is 13.9. The van der Waals surface area contributed by atoms with E-state index in [-0.39, 0.29) is 33.5 Å². The van der Waals surface area contributed by atoms with Crippen LogP contribution >= 0.6 is 11.6 Å². The Morgan fingerprint density at radius 1 is 1.29 bits per heavy atom. The molecule has 0 aliphatic carbocycles. The van der Waals surface area contributed by atoms with Crippen molar-refractivity contribution in [3.63, 3.8) is 0 Å². The van der Waals surface area contributed by atoms with Crippen LogP contribution in [-0.4, -0.2) is 6.04 Å². The van der Waals surface area contributed by atoms with Crippen LogP contribution in [0.4, 0.5) is 21.5 Å². The first-order chi connectivity index (χ1) is 7.64. The van der Waals surface area contributed by atoms with Crippen LogP contribution < -0.4 is 16.8 Å². The van der Waals surface area contributed by atoms with Crippen molar-refractivity contribution in [1.82, 2.24) is 0 Å². The van der Waals surface area contributed by atoms with Crippen molar-refractivity contribution in [3.05, 3.63) is 16.9 Å². The number of anilines is 3. The fraction of sp³-hybridized carbons (Fsp3) is 0.500. The summed E-state index contributed by atoms with van der Waals surface area (Å²) in [6, 6.07) is 1.50. The van der Waals surface area contributed by atoms with Crippen molar-refractivity contribution < 1.29 is 4.39 Å². The lowest BCUT2D eigenvalue weighted by atomic mass is 9.88. The van der Waals surface area contributed by atoms with E-state index in [2.05, 4.69) is 26.1 Å². The average molecular weight is 260 g/mol. The zero-order chi connectivity index (χ0) is 13.4. The summed E-state index contributed by atoms with van der Waals surface area (Å²) in [5.74, 6) is -0.597. The number of halogens is 2. The molecule has 0 bridgehead atoms. The summed E-state index contributed by atoms with van der Waals surface area (Å²) < 4.78 is 13.9. The third-order valence-corrected chi connectivity index (χ3v) is 3.31. The molecule has 96 valence electrons. The zero-order valence-corrected chi connectivity index (χ0v) is 11.3. The Hall–Kier alpha value is -1.16. The lowest BCUT2D eigenvalue weighted by Gasteiger charge is -2.29. The maximum Gasteiger partial charge on any atom is 0.169 e. The molecule has 0 aromatic heterocycles. The molecule has 0 saturated heterocycles. The number of hydrogen-bond acceptors (Lipinski definition) is 3. The number of hydrogen-bond donors (Lipinski definition) is 3. The van der Waals surface area contributed by atoms with Gasteiger partial charge in [-0.1, -0.05) is 32.4 Å². The van der Waals surface area contributed by atoms with E-state index >= 15 is 0 Å². The third-order valence-electron chi connectivity index (χ3n) is 2.93. The molecular weight excluding hydrogens is 241 g/mol. The fourth-order valence-electron chi connectivity index (χ4n) is 1.25. The molecule has 1 aromatic rings. The third kappa shape index (κ3) is 2.94. The molecule has 3 nitrogen and oxygen atoms in total. The molecule has 1 aromatic carbocycles. The lowest BCUT2D eigenvalue weighted by molar-refractivity contribution is 0.358. The Morgan fingerprint density at radius 3 is 2.29 bits per heavy atom. The van der Waals surface area contributed by atoms with Gasteiger partial charge in [0.2, 0.25) is 0 Å². The van der Waals surface area contributed by atoms with Crippen molar-refractivity contribution in [2.75, 3.05) is 16.8 Å². The molecule has 17 heavy (non-hydrogen) atoms. The zero-order valence-electron chi connectivity index (χ0n) is 10.6. The molecule has 0 heterocycles. The van der Waals surface area contributed by atoms with Crippen LogP contribution in [0.25, 0.3) is 0 Å². The van der Waals surface area contributed by atoms with Crippen molar-refractivity contribution in [3.8, 4) is 0 Å². The lowest BCUT2D eigenvalue weighted by Crippen LogP contribution is -2.31. The summed E-state index contributed by atoms with van der Waals surface area (Å²) in [4.78, 5) is 0. The molecule has 0 spiro atoms. The Bertz CT molecular complexity index is 427. The van der Waals surface area contributed by atoms with Gasteiger partial charge in [-0.15, -0.1) is 0 Å². The Labute approximate surface area is 106 Å². The predicted octanol–water partition coefficient (Wildman–Crippen LogP) is 3.49. The van der Waals surface area contributed by atoms with Gasteiger partial charge in [0.05, 0.1) is 17.1 Å². The summed E-state index contributed by atoms with van der Waals surface area (Å²) in [6.07, 6.45) is 0. The van der Waals surface area contributed by atoms with Gasteiger partial charge in [0, 0.05) is 6.04 Å². The molecule has 0 radical (unpaired) electrons. The number of nitrogens with one attached hydrogen (secondary N) is 1. The molecule has 1 unspecified atom stereocenters. The van der Waals surface area contributed by atoms with Gasteiger partial charge in [-0.25, -0.2) is 4.39 Å². The van der Waals surface area contributed by atoms with E-state index in [0.717, 1.165) is 0 Å². The predicted molar refractivity (Wildman–Crippen MR) is 72.8 cm³/mol. The topological polar surface area (TPSA) is 64.1 Å². The Balaban J connectivity index is 3.12. The highest BCUT2D eigenvalue weighted by atomic mass is 35.5. The molecular formula is C12H19ClFN3. The van der Waals surface area contributed by atoms with E-state index in [9.17, 15) is 4.39 Å². The molecule has 0 fully saturated rings. The molecule has 1 rings (SSSR count). The summed E-state index contributed by atoms with van der Waals surface area (Å²) in [5, 5.41) is 2.95. The van der Waals surface area contributed by atoms with Crippen LogP contribution in [0.5, 0.6) is 0 Å². The monoisotopic (exact) mass is 259 g/mol. The van der Waals surface area contributed by atoms with Gasteiger partial charge in [0.25, 0.3) is 0 Å². The fourth-order valence-corrected chi connectivity index (χ4v) is 1.40. The highest BCUT2D eigenvalue weighted by Crippen LogP contribution is 2.35. The molecule has 0 aliphatic rings. The number of benzene rings is 1. The molecule has 0 saturated carbocycles. The van der Waals surface area contributed by atoms with E-state index in [4.69, 9.17) is 23.1 Å². The summed E-state index contributed by atoms with van der Waals surface area (Å²) in [5.41, 5.74) is 11.9. The smallest absolute Gasteiger partial charge is 0.169 e. The standard InChI is InChI=1S/C12H19ClFN3/c1-6(12(2,3)4)17-11-8(16)5-7(15)9(13)10(11)14/h5-6,17H,15-16H2,1-4H3. The van der Waals surface area contributed by atoms with E-state index in [1.165, 1.54) is 6.07 Å². The molecule has 5 N–H and O–H groups in total. The van der Waals surface area contributed by atoms with Crippen molar-refractivity contribution in [2.24, 2.45) is 5.41 Å². The highest BCUT2D eigenvalue weighted by molar-refractivity contribution is 6.33. The molecule has 5 heteroatoms. The van der Waals surface area contributed by atoms with Crippen LogP contribution in [0, 0.1) is 11.2 Å². The van der Waals surface area contributed by atoms with Crippen molar-refractivity contribution in [1.29, 1.82) is 0 Å². The van der Waals surface area contributed by atoms with Gasteiger partial charge in [-0.3, -0.25) is 0 Å². The second-order valence-corrected chi connectivity index (χ2v) is 5.67. The van der Waals surface area contributed by atoms with Gasteiger partial charge in [-0.05, 0) is 18.4 Å². The van der Waals surface area contributed by atoms with Crippen LogP contribution in [-0.2, 0) is 0 Å². The minimum Gasteiger partial charge on any atom is -0.397 e. The molecule has 0 amide bonds. The van der Waals surface area contributed by atoms with Crippen molar-refractivity contribution >= 4 is 28.7 Å². The van der Waals surface area contributed by atoms with Crippen LogP contribution in [0.3, 0.4) is 0 Å². The maximum atomic E-state index is 13.9. The first-order valence-corrected chi connectivity index (χ1v) is 5.82. The highest BCUT2D eigenvalue weighted by Gasteiger charge is 2.23. The second kappa shape index (κ2) is 4.61. The van der Waals surface area contributed by atoms with E-state index in [1.54, 1.807) is 0 Å². The van der Waals surface area contributed by atoms with Crippen LogP contribution in [0.2, 0.25) is 5.02 Å². The van der Waals surface area contributed by atoms with E-state index in [0.29, 0.717) is 0 Å². The van der Waals surface area contributed by atoms with Crippen LogP contribution in [0.15, 0.2) is 6.07 Å². The second-order valence-electron chi connectivity index (χ2n) is 5.29. The largest absolute Gasteiger partial charge is 0.397 e. The van der Waals surface area contributed by atoms with Gasteiger partial charge in [0.15, 0.2) is 5.82 Å². The first kappa shape index (κ1) is 13.9. The van der Waals surface area contributed by atoms with Gasteiger partial charge >= 0.3 is 0 Å². The minimum atomic E-state index is -0.597. The van der Waals surface area contributed by atoms with Gasteiger partial charge in [0.1, 0.15) is 5.02 Å². The molecule has 1 atom stereocenters. The Morgan fingerprint density at radius 2 is 1.82 bits per heavy atom. The van der Waals surface area contributed by atoms with Gasteiger partial charge in [-0.2, -0.15) is 0 Å². The SMILES string of the molecule is CC(Nc1c(N)cc(N)c(Cl)c1F)C(C)(C)C. The van der Waals surface area contributed by atoms with Gasteiger partial charge < -0.3 is 16.8 Å². The summed E-state index contributed by atoms with van der Waals surface area (Å²) in [6.45, 7) is 8.12.